The number of ether oxygens (including phenoxy) is 1. The number of benzene rings is 2. The molecule has 0 atom stereocenters. The lowest BCUT2D eigenvalue weighted by Crippen LogP contribution is -2.05. The molecule has 1 heterocycles. The second-order valence-electron chi connectivity index (χ2n) is 5.65. The van der Waals surface area contributed by atoms with E-state index in [0.29, 0.717) is 0 Å². The van der Waals surface area contributed by atoms with Gasteiger partial charge in [-0.05, 0) is 49.2 Å². The first-order valence-electron chi connectivity index (χ1n) is 8.20. The van der Waals surface area contributed by atoms with Crippen LogP contribution in [0.5, 0.6) is 5.75 Å². The number of aryl methyl sites for hydroxylation is 2. The van der Waals surface area contributed by atoms with E-state index in [1.54, 1.807) is 0 Å². The summed E-state index contributed by atoms with van der Waals surface area (Å²) in [5.41, 5.74) is 8.74. The van der Waals surface area contributed by atoms with Crippen LogP contribution in [-0.4, -0.2) is 16.2 Å². The molecule has 23 heavy (non-hydrogen) atoms. The lowest BCUT2D eigenvalue weighted by molar-refractivity contribution is 0.303. The number of nitrogens with zero attached hydrogens (tertiary/aromatic N) is 2. The maximum Gasteiger partial charge on any atom is 0.119 e. The maximum absolute atomic E-state index is 5.74. The molecule has 0 fully saturated rings. The number of nitrogens with two attached hydrogens (primary N) is 1. The van der Waals surface area contributed by atoms with Gasteiger partial charge in [0.05, 0.1) is 17.6 Å². The third-order valence-corrected chi connectivity index (χ3v) is 3.97. The Balaban J connectivity index is 1.53. The van der Waals surface area contributed by atoms with E-state index < -0.39 is 0 Å². The number of nitrogen functional groups attached to an aromatic ring is 1. The first-order valence-corrected chi connectivity index (χ1v) is 8.20. The third kappa shape index (κ3) is 3.65. The Hall–Kier alpha value is -2.49. The van der Waals surface area contributed by atoms with Crippen molar-refractivity contribution in [2.75, 3.05) is 12.3 Å². The molecule has 0 saturated carbocycles. The maximum atomic E-state index is 5.74. The van der Waals surface area contributed by atoms with Crippen LogP contribution >= 0.6 is 0 Å². The van der Waals surface area contributed by atoms with E-state index in [9.17, 15) is 0 Å². The second-order valence-corrected chi connectivity index (χ2v) is 5.65. The van der Waals surface area contributed by atoms with Crippen molar-refractivity contribution < 1.29 is 4.74 Å². The van der Waals surface area contributed by atoms with Crippen molar-refractivity contribution in [2.24, 2.45) is 0 Å². The van der Waals surface area contributed by atoms with Gasteiger partial charge in [0, 0.05) is 18.7 Å². The van der Waals surface area contributed by atoms with Crippen LogP contribution in [0.1, 0.15) is 25.6 Å². The molecular weight excluding hydrogens is 286 g/mol. The van der Waals surface area contributed by atoms with Gasteiger partial charge < -0.3 is 15.0 Å². The van der Waals surface area contributed by atoms with Gasteiger partial charge in [0.15, 0.2) is 0 Å². The van der Waals surface area contributed by atoms with Gasteiger partial charge in [-0.15, -0.1) is 0 Å². The molecule has 2 N–H and O–H groups in total. The fourth-order valence-corrected chi connectivity index (χ4v) is 2.77. The zero-order chi connectivity index (χ0) is 16.1. The van der Waals surface area contributed by atoms with Crippen LogP contribution < -0.4 is 10.5 Å². The fourth-order valence-electron chi connectivity index (χ4n) is 2.77. The fraction of sp³-hybridized carbons (Fsp3) is 0.316. The average Bonchev–Trinajstić information content (AvgIpc) is 2.94. The average molecular weight is 309 g/mol. The first-order chi connectivity index (χ1) is 11.3. The zero-order valence-electron chi connectivity index (χ0n) is 13.5. The predicted molar refractivity (Wildman–Crippen MR) is 94.7 cm³/mol. The van der Waals surface area contributed by atoms with E-state index >= 15 is 0 Å². The third-order valence-electron chi connectivity index (χ3n) is 3.97. The molecule has 1 aromatic heterocycles. The Morgan fingerprint density at radius 3 is 2.61 bits per heavy atom. The van der Waals surface area contributed by atoms with Gasteiger partial charge in [-0.2, -0.15) is 0 Å². The van der Waals surface area contributed by atoms with Crippen molar-refractivity contribution in [2.45, 2.75) is 32.7 Å². The summed E-state index contributed by atoms with van der Waals surface area (Å²) in [6, 6.07) is 15.9. The molecule has 0 spiro atoms. The Morgan fingerprint density at radius 1 is 1.04 bits per heavy atom. The summed E-state index contributed by atoms with van der Waals surface area (Å²) in [4.78, 5) is 4.71. The van der Waals surface area contributed by atoms with Crippen molar-refractivity contribution in [1.82, 2.24) is 9.55 Å². The Labute approximate surface area is 136 Å². The quantitative estimate of drug-likeness (QED) is 0.529. The lowest BCUT2D eigenvalue weighted by atomic mass is 10.3. The van der Waals surface area contributed by atoms with Crippen LogP contribution in [0.3, 0.4) is 0 Å². The summed E-state index contributed by atoms with van der Waals surface area (Å²) in [6.07, 6.45) is 3.04. The Kier molecular flexibility index (Phi) is 4.81. The van der Waals surface area contributed by atoms with Gasteiger partial charge in [-0.25, -0.2) is 4.98 Å². The summed E-state index contributed by atoms with van der Waals surface area (Å²) in [5.74, 6) is 2.03. The highest BCUT2D eigenvalue weighted by Crippen LogP contribution is 2.18. The minimum absolute atomic E-state index is 0.720. The van der Waals surface area contributed by atoms with Gasteiger partial charge in [-0.3, -0.25) is 0 Å². The van der Waals surface area contributed by atoms with Gasteiger partial charge in [0.1, 0.15) is 11.6 Å². The molecule has 0 radical (unpaired) electrons. The van der Waals surface area contributed by atoms with E-state index in [2.05, 4.69) is 29.7 Å². The second kappa shape index (κ2) is 7.18. The van der Waals surface area contributed by atoms with Gasteiger partial charge in [-0.1, -0.05) is 19.1 Å². The number of hydrogen-bond acceptors (Lipinski definition) is 3. The highest BCUT2D eigenvalue weighted by molar-refractivity contribution is 5.75. The van der Waals surface area contributed by atoms with Crippen molar-refractivity contribution >= 4 is 16.7 Å². The molecule has 0 aliphatic heterocycles. The van der Waals surface area contributed by atoms with E-state index in [4.69, 9.17) is 15.5 Å². The van der Waals surface area contributed by atoms with Crippen LogP contribution in [0.25, 0.3) is 11.0 Å². The highest BCUT2D eigenvalue weighted by Gasteiger charge is 2.08. The SMILES string of the molecule is CCc1nc2ccccc2n1CCCCOc1ccc(N)cc1. The van der Waals surface area contributed by atoms with Crippen molar-refractivity contribution in [3.63, 3.8) is 0 Å². The smallest absolute Gasteiger partial charge is 0.119 e. The van der Waals surface area contributed by atoms with Crippen LogP contribution in [0.15, 0.2) is 48.5 Å². The minimum Gasteiger partial charge on any atom is -0.494 e. The number of aromatic nitrogens is 2. The molecule has 2 aromatic carbocycles. The topological polar surface area (TPSA) is 53.1 Å². The number of rotatable bonds is 7. The van der Waals surface area contributed by atoms with E-state index in [0.717, 1.165) is 55.2 Å². The number of unbranched alkanes of at least 4 members (excludes halogenated alkanes) is 1. The van der Waals surface area contributed by atoms with Gasteiger partial charge >= 0.3 is 0 Å². The minimum atomic E-state index is 0.720. The number of hydrogen-bond donors (Lipinski definition) is 1. The van der Waals surface area contributed by atoms with Gasteiger partial charge in [0.2, 0.25) is 0 Å². The van der Waals surface area contributed by atoms with Crippen LogP contribution in [0.4, 0.5) is 5.69 Å². The normalized spacial score (nSPS) is 11.0. The summed E-state index contributed by atoms with van der Waals surface area (Å²) >= 11 is 0. The predicted octanol–water partition coefficient (Wildman–Crippen LogP) is 4.04. The van der Waals surface area contributed by atoms with E-state index in [-0.39, 0.29) is 0 Å². The Bertz CT molecular complexity index is 762. The molecule has 0 bridgehead atoms. The molecule has 4 heteroatoms. The summed E-state index contributed by atoms with van der Waals surface area (Å²) < 4.78 is 8.08. The van der Waals surface area contributed by atoms with Gasteiger partial charge in [0.25, 0.3) is 0 Å². The molecule has 0 amide bonds. The van der Waals surface area contributed by atoms with E-state index in [1.807, 2.05) is 30.3 Å². The highest BCUT2D eigenvalue weighted by atomic mass is 16.5. The number of para-hydroxylation sites is 2. The van der Waals surface area contributed by atoms with Crippen LogP contribution in [0.2, 0.25) is 0 Å². The molecule has 0 aliphatic carbocycles. The summed E-state index contributed by atoms with van der Waals surface area (Å²) in [7, 11) is 0. The van der Waals surface area contributed by atoms with Crippen molar-refractivity contribution in [3.8, 4) is 5.75 Å². The van der Waals surface area contributed by atoms with Crippen molar-refractivity contribution in [1.29, 1.82) is 0 Å². The standard InChI is InChI=1S/C19H23N3O/c1-2-19-21-17-7-3-4-8-18(17)22(19)13-5-6-14-23-16-11-9-15(20)10-12-16/h3-4,7-12H,2,5-6,13-14,20H2,1H3. The van der Waals surface area contributed by atoms with Crippen LogP contribution in [0, 0.1) is 0 Å². The Morgan fingerprint density at radius 2 is 1.83 bits per heavy atom. The number of imidazole rings is 1. The van der Waals surface area contributed by atoms with E-state index in [1.165, 1.54) is 5.52 Å². The zero-order valence-corrected chi connectivity index (χ0v) is 13.5. The summed E-state index contributed by atoms with van der Waals surface area (Å²) in [6.45, 7) is 3.86. The van der Waals surface area contributed by atoms with Crippen LogP contribution in [-0.2, 0) is 13.0 Å². The molecule has 0 unspecified atom stereocenters. The molecular formula is C19H23N3O. The molecule has 3 aromatic rings. The number of anilines is 1. The van der Waals surface area contributed by atoms with Crippen molar-refractivity contribution in [3.05, 3.63) is 54.4 Å². The first kappa shape index (κ1) is 15.4. The molecule has 4 nitrogen and oxygen atoms in total. The molecule has 120 valence electrons. The molecule has 0 saturated heterocycles. The summed E-state index contributed by atoms with van der Waals surface area (Å²) in [5, 5.41) is 0. The molecule has 0 aliphatic rings. The number of fused-ring (bicyclic) bond motifs is 1. The monoisotopic (exact) mass is 309 g/mol. The lowest BCUT2D eigenvalue weighted by Gasteiger charge is -2.09. The largest absolute Gasteiger partial charge is 0.494 e. The molecule has 3 rings (SSSR count).